The average Bonchev–Trinajstić information content (AvgIpc) is 1.94. The van der Waals surface area contributed by atoms with Crippen LogP contribution in [0.4, 0.5) is 5.69 Å². The first-order valence-electron chi connectivity index (χ1n) is 2.77. The Morgan fingerprint density at radius 1 is 1.40 bits per heavy atom. The van der Waals surface area contributed by atoms with Gasteiger partial charge < -0.3 is 0 Å². The van der Waals surface area contributed by atoms with E-state index in [4.69, 9.17) is 5.73 Å². The van der Waals surface area contributed by atoms with Gasteiger partial charge in [-0.1, -0.05) is 0 Å². The second-order valence-corrected chi connectivity index (χ2v) is 2.20. The Hall–Kier alpha value is -0.970. The molecule has 2 N–H and O–H groups in total. The molecule has 1 aromatic carbocycles. The summed E-state index contributed by atoms with van der Waals surface area (Å²) in [6.45, 7) is 0. The summed E-state index contributed by atoms with van der Waals surface area (Å²) >= 11 is 0. The van der Waals surface area contributed by atoms with Gasteiger partial charge in [0.2, 0.25) is 0 Å². The van der Waals surface area contributed by atoms with Gasteiger partial charge in [-0.05, 0) is 0 Å². The zero-order valence-corrected chi connectivity index (χ0v) is 6.14. The standard InChI is InChI=1S/C7H6NOP/c8-7-4-2-1-3-6(7)5-10-9/h1-4H,8H2. The number of rotatable bonds is 0. The van der Waals surface area contributed by atoms with Crippen molar-refractivity contribution in [3.63, 3.8) is 0 Å². The second kappa shape index (κ2) is 3.26. The number of nitrogen functional groups attached to an aromatic ring is 1. The number of anilines is 1. The van der Waals surface area contributed by atoms with Gasteiger partial charge in [-0.15, -0.1) is 0 Å². The summed E-state index contributed by atoms with van der Waals surface area (Å²) in [7, 11) is -0.130. The van der Waals surface area contributed by atoms with Crippen molar-refractivity contribution in [1.29, 1.82) is 0 Å². The Bertz CT molecular complexity index is 328. The molecule has 0 aliphatic heterocycles. The van der Waals surface area contributed by atoms with Crippen molar-refractivity contribution in [2.75, 3.05) is 5.73 Å². The minimum absolute atomic E-state index is 0.130. The zero-order valence-electron chi connectivity index (χ0n) is 5.24. The van der Waals surface area contributed by atoms with Gasteiger partial charge in [0.25, 0.3) is 0 Å². The minimum atomic E-state index is -0.130. The first-order valence-corrected chi connectivity index (χ1v) is 3.58. The third-order valence-corrected chi connectivity index (χ3v) is 1.46. The van der Waals surface area contributed by atoms with Crippen molar-refractivity contribution in [1.82, 2.24) is 0 Å². The van der Waals surface area contributed by atoms with E-state index in [0.717, 1.165) is 0 Å². The van der Waals surface area contributed by atoms with Crippen molar-refractivity contribution in [2.45, 2.75) is 0 Å². The predicted molar refractivity (Wildman–Crippen MR) is 41.5 cm³/mol. The van der Waals surface area contributed by atoms with Crippen LogP contribution in [0.25, 0.3) is 0 Å². The summed E-state index contributed by atoms with van der Waals surface area (Å²) in [4.78, 5) is 0. The molecule has 0 aromatic heterocycles. The molecule has 2 nitrogen and oxygen atoms in total. The average molecular weight is 151 g/mol. The number of para-hydroxylation sites is 1. The third-order valence-electron chi connectivity index (χ3n) is 1.13. The Morgan fingerprint density at radius 3 is 2.70 bits per heavy atom. The normalized spacial score (nSPS) is 8.40. The molecule has 1 aromatic rings. The van der Waals surface area contributed by atoms with Crippen LogP contribution in [0.3, 0.4) is 0 Å². The maximum absolute atomic E-state index is 10.1. The van der Waals surface area contributed by atoms with Crippen LogP contribution in [-0.2, 0) is 4.57 Å². The molecule has 0 aliphatic rings. The number of nitrogens with two attached hydrogens (primary N) is 1. The fourth-order valence-electron chi connectivity index (χ4n) is 0.648. The summed E-state index contributed by atoms with van der Waals surface area (Å²) in [5, 5.41) is 0. The van der Waals surface area contributed by atoms with Crippen molar-refractivity contribution in [3.05, 3.63) is 29.8 Å². The molecular formula is C7H6NOP. The van der Waals surface area contributed by atoms with Crippen LogP contribution >= 0.6 is 7.92 Å². The van der Waals surface area contributed by atoms with Gasteiger partial charge in [-0.2, -0.15) is 0 Å². The van der Waals surface area contributed by atoms with Crippen LogP contribution in [0.2, 0.25) is 0 Å². The molecule has 0 fully saturated rings. The summed E-state index contributed by atoms with van der Waals surface area (Å²) < 4.78 is 10.1. The summed E-state index contributed by atoms with van der Waals surface area (Å²) in [5.74, 6) is 0. The molecule has 0 aliphatic carbocycles. The summed E-state index contributed by atoms with van der Waals surface area (Å²) in [6.07, 6.45) is 0. The van der Waals surface area contributed by atoms with Crippen molar-refractivity contribution in [3.8, 4) is 5.63 Å². The van der Waals surface area contributed by atoms with Crippen LogP contribution in [-0.4, -0.2) is 0 Å². The molecule has 0 spiro atoms. The monoisotopic (exact) mass is 151 g/mol. The van der Waals surface area contributed by atoms with E-state index in [1.54, 1.807) is 12.1 Å². The molecule has 0 heterocycles. The van der Waals surface area contributed by atoms with Crippen LogP contribution in [0.15, 0.2) is 24.3 Å². The van der Waals surface area contributed by atoms with Crippen LogP contribution < -0.4 is 5.73 Å². The molecular weight excluding hydrogens is 145 g/mol. The van der Waals surface area contributed by atoms with E-state index >= 15 is 0 Å². The van der Waals surface area contributed by atoms with E-state index < -0.39 is 0 Å². The molecule has 0 unspecified atom stereocenters. The Labute approximate surface area is 60.2 Å². The van der Waals surface area contributed by atoms with Gasteiger partial charge in [0.15, 0.2) is 0 Å². The summed E-state index contributed by atoms with van der Waals surface area (Å²) in [6, 6.07) is 7.15. The SMILES string of the molecule is Nc1ccccc1C#P=O. The number of hydrogen-bond donors (Lipinski definition) is 1. The summed E-state index contributed by atoms with van der Waals surface area (Å²) in [5.41, 5.74) is 9.36. The van der Waals surface area contributed by atoms with Gasteiger partial charge in [0.05, 0.1) is 0 Å². The molecule has 0 atom stereocenters. The van der Waals surface area contributed by atoms with E-state index in [9.17, 15) is 4.57 Å². The molecule has 0 bridgehead atoms. The molecule has 0 radical (unpaired) electrons. The van der Waals surface area contributed by atoms with E-state index in [1.807, 2.05) is 12.1 Å². The van der Waals surface area contributed by atoms with Gasteiger partial charge in [-0.25, -0.2) is 0 Å². The maximum atomic E-state index is 10.1. The first-order chi connectivity index (χ1) is 4.84. The van der Waals surface area contributed by atoms with Crippen molar-refractivity contribution >= 4 is 13.6 Å². The third kappa shape index (κ3) is 1.51. The quantitative estimate of drug-likeness (QED) is 0.454. The molecule has 0 amide bonds. The van der Waals surface area contributed by atoms with Crippen LogP contribution in [0.5, 0.6) is 0 Å². The fourth-order valence-corrected chi connectivity index (χ4v) is 0.950. The van der Waals surface area contributed by atoms with Gasteiger partial charge in [0.1, 0.15) is 0 Å². The number of hydrogen-bond acceptors (Lipinski definition) is 2. The Morgan fingerprint density at radius 2 is 2.10 bits per heavy atom. The zero-order chi connectivity index (χ0) is 7.40. The fraction of sp³-hybridized carbons (Fsp3) is 0. The van der Waals surface area contributed by atoms with Gasteiger partial charge >= 0.3 is 59.4 Å². The molecule has 0 saturated carbocycles. The van der Waals surface area contributed by atoms with E-state index in [2.05, 4.69) is 5.63 Å². The molecule has 1 rings (SSSR count). The van der Waals surface area contributed by atoms with Gasteiger partial charge in [-0.3, -0.25) is 0 Å². The molecule has 0 saturated heterocycles. The topological polar surface area (TPSA) is 43.1 Å². The molecule has 3 heteroatoms. The first kappa shape index (κ1) is 7.14. The Balaban J connectivity index is 3.23. The molecule has 10 heavy (non-hydrogen) atoms. The van der Waals surface area contributed by atoms with Crippen LogP contribution in [0.1, 0.15) is 5.56 Å². The van der Waals surface area contributed by atoms with E-state index in [-0.39, 0.29) is 7.92 Å². The predicted octanol–water partition coefficient (Wildman–Crippen LogP) is 1.87. The van der Waals surface area contributed by atoms with Crippen LogP contribution in [0, 0.1) is 5.63 Å². The van der Waals surface area contributed by atoms with Gasteiger partial charge in [0, 0.05) is 0 Å². The second-order valence-electron chi connectivity index (χ2n) is 1.79. The van der Waals surface area contributed by atoms with Crippen molar-refractivity contribution < 1.29 is 4.57 Å². The van der Waals surface area contributed by atoms with Crippen molar-refractivity contribution in [2.24, 2.45) is 0 Å². The van der Waals surface area contributed by atoms with E-state index in [0.29, 0.717) is 11.3 Å². The van der Waals surface area contributed by atoms with E-state index in [1.165, 1.54) is 0 Å². The number of benzene rings is 1. The molecule has 50 valence electrons. The Kier molecular flexibility index (Phi) is 2.33.